The number of rotatable bonds is 38. The van der Waals surface area contributed by atoms with Gasteiger partial charge in [0, 0.05) is 32.2 Å². The molecule has 346 valence electrons. The summed E-state index contributed by atoms with van der Waals surface area (Å²) >= 11 is 0. The van der Waals surface area contributed by atoms with Crippen LogP contribution in [0.3, 0.4) is 0 Å². The van der Waals surface area contributed by atoms with Crippen molar-refractivity contribution in [1.82, 2.24) is 0 Å². The Morgan fingerprint density at radius 1 is 0.705 bits per heavy atom. The van der Waals surface area contributed by atoms with Gasteiger partial charge in [-0.15, -0.1) is 0 Å². The Bertz CT molecular complexity index is 1520. The van der Waals surface area contributed by atoms with Crippen molar-refractivity contribution in [3.05, 3.63) is 95.6 Å². The second-order valence-electron chi connectivity index (χ2n) is 15.3. The molecule has 1 aromatic rings. The van der Waals surface area contributed by atoms with Crippen LogP contribution in [0, 0.1) is 13.8 Å². The highest BCUT2D eigenvalue weighted by atomic mass is 31.2. The van der Waals surface area contributed by atoms with Gasteiger partial charge in [0.25, 0.3) is 0 Å². The van der Waals surface area contributed by atoms with Crippen LogP contribution in [0.25, 0.3) is 0 Å². The van der Waals surface area contributed by atoms with Crippen molar-refractivity contribution < 1.29 is 47.1 Å². The number of aryl methyl sites for hydroxylation is 2. The van der Waals surface area contributed by atoms with Gasteiger partial charge in [-0.3, -0.25) is 18.6 Å². The van der Waals surface area contributed by atoms with E-state index in [1.807, 2.05) is 48.6 Å². The highest BCUT2D eigenvalue weighted by Gasteiger charge is 2.26. The number of phosphoric acid groups is 1. The lowest BCUT2D eigenvalue weighted by Gasteiger charge is -2.19. The van der Waals surface area contributed by atoms with Gasteiger partial charge < -0.3 is 29.6 Å². The molecule has 0 bridgehead atoms. The van der Waals surface area contributed by atoms with Gasteiger partial charge in [0.2, 0.25) is 0 Å². The van der Waals surface area contributed by atoms with Crippen LogP contribution >= 0.6 is 7.82 Å². The molecule has 0 aliphatic carbocycles. The largest absolute Gasteiger partial charge is 0.472 e. The van der Waals surface area contributed by atoms with Gasteiger partial charge in [-0.2, -0.15) is 0 Å². The van der Waals surface area contributed by atoms with E-state index in [2.05, 4.69) is 45.9 Å². The van der Waals surface area contributed by atoms with Crippen molar-refractivity contribution in [2.24, 2.45) is 5.73 Å². The number of hydrogen-bond acceptors (Lipinski definition) is 10. The minimum atomic E-state index is -4.43. The first-order chi connectivity index (χ1) is 29.5. The Labute approximate surface area is 368 Å². The molecule has 0 spiro atoms. The van der Waals surface area contributed by atoms with Crippen molar-refractivity contribution in [3.8, 4) is 0 Å². The molecule has 0 amide bonds. The maximum Gasteiger partial charge on any atom is 0.472 e. The molecule has 3 atom stereocenters. The molecule has 1 aromatic heterocycles. The van der Waals surface area contributed by atoms with Crippen molar-refractivity contribution in [2.45, 2.75) is 175 Å². The van der Waals surface area contributed by atoms with Gasteiger partial charge in [-0.1, -0.05) is 138 Å². The van der Waals surface area contributed by atoms with E-state index in [4.69, 9.17) is 28.7 Å². The van der Waals surface area contributed by atoms with Crippen LogP contribution < -0.4 is 5.73 Å². The van der Waals surface area contributed by atoms with Crippen LogP contribution in [-0.4, -0.2) is 60.5 Å². The van der Waals surface area contributed by atoms with Crippen molar-refractivity contribution >= 4 is 19.8 Å². The lowest BCUT2D eigenvalue weighted by atomic mass is 10.0. The molecule has 11 nitrogen and oxygen atoms in total. The van der Waals surface area contributed by atoms with E-state index in [9.17, 15) is 24.2 Å². The van der Waals surface area contributed by atoms with E-state index in [1.54, 1.807) is 6.08 Å². The molecule has 12 heteroatoms. The van der Waals surface area contributed by atoms with Gasteiger partial charge in [0.05, 0.1) is 19.3 Å². The zero-order valence-corrected chi connectivity index (χ0v) is 38.8. The van der Waals surface area contributed by atoms with Crippen LogP contribution in [-0.2, 0) is 45.5 Å². The van der Waals surface area contributed by atoms with Crippen LogP contribution in [0.5, 0.6) is 0 Å². The Kier molecular flexibility index (Phi) is 34.0. The van der Waals surface area contributed by atoms with Crippen LogP contribution in [0.15, 0.2) is 77.3 Å². The third-order valence-electron chi connectivity index (χ3n) is 9.90. The maximum absolute atomic E-state index is 12.7. The number of nitrogens with two attached hydrogens (primary N) is 1. The Morgan fingerprint density at radius 2 is 1.30 bits per heavy atom. The normalized spacial score (nSPS) is 14.4. The molecular formula is C49H80NO10P. The number of aliphatic hydroxyl groups excluding tert-OH is 1. The van der Waals surface area contributed by atoms with Gasteiger partial charge >= 0.3 is 19.8 Å². The van der Waals surface area contributed by atoms with Crippen molar-refractivity contribution in [3.63, 3.8) is 0 Å². The predicted molar refractivity (Wildman–Crippen MR) is 247 cm³/mol. The lowest BCUT2D eigenvalue weighted by molar-refractivity contribution is -0.161. The highest BCUT2D eigenvalue weighted by Crippen LogP contribution is 2.43. The zero-order chi connectivity index (χ0) is 44.8. The number of aliphatic hydroxyl groups is 1. The first-order valence-corrected chi connectivity index (χ1v) is 24.4. The number of unbranched alkanes of at least 4 members (excludes halogenated alkanes) is 9. The number of hydrogen-bond donors (Lipinski definition) is 3. The number of esters is 2. The summed E-state index contributed by atoms with van der Waals surface area (Å²) in [7, 11) is -4.43. The van der Waals surface area contributed by atoms with Gasteiger partial charge in [0.1, 0.15) is 18.1 Å². The van der Waals surface area contributed by atoms with E-state index in [-0.39, 0.29) is 32.6 Å². The molecule has 0 aliphatic heterocycles. The first kappa shape index (κ1) is 55.7. The molecule has 1 rings (SSSR count). The molecule has 0 fully saturated rings. The molecule has 0 aromatic carbocycles. The third-order valence-corrected chi connectivity index (χ3v) is 10.9. The maximum atomic E-state index is 12.7. The van der Waals surface area contributed by atoms with Crippen molar-refractivity contribution in [1.29, 1.82) is 0 Å². The van der Waals surface area contributed by atoms with Gasteiger partial charge in [-0.25, -0.2) is 4.57 Å². The third kappa shape index (κ3) is 31.2. The number of phosphoric ester groups is 1. The van der Waals surface area contributed by atoms with E-state index in [0.717, 1.165) is 75.7 Å². The SMILES string of the molecule is CC/C=C\C/C=C\CC(O)/C=C/C=C\C/C=C\C/C=C\CCC(=O)OC[C@H](COP(=O)(O)OCCN)OC(=O)CCCCCCCCCCc1oc(CCCCC)c(C)c1C. The van der Waals surface area contributed by atoms with E-state index < -0.39 is 38.6 Å². The number of ether oxygens (including phenoxy) is 2. The topological polar surface area (TPSA) is 168 Å². The summed E-state index contributed by atoms with van der Waals surface area (Å²) in [6.07, 6.45) is 40.9. The second-order valence-corrected chi connectivity index (χ2v) is 16.8. The minimum absolute atomic E-state index is 0.0260. The first-order valence-electron chi connectivity index (χ1n) is 22.9. The number of furan rings is 1. The molecule has 0 aliphatic rings. The average molecular weight is 874 g/mol. The summed E-state index contributed by atoms with van der Waals surface area (Å²) < 4.78 is 39.0. The molecule has 4 N–H and O–H groups in total. The molecule has 61 heavy (non-hydrogen) atoms. The minimum Gasteiger partial charge on any atom is -0.466 e. The van der Waals surface area contributed by atoms with Gasteiger partial charge in [0.15, 0.2) is 6.10 Å². The molecule has 1 heterocycles. The molecule has 0 saturated heterocycles. The Balaban J connectivity index is 2.32. The summed E-state index contributed by atoms with van der Waals surface area (Å²) in [5.74, 6) is 1.33. The molecule has 0 radical (unpaired) electrons. The molecule has 2 unspecified atom stereocenters. The van der Waals surface area contributed by atoms with E-state index in [0.29, 0.717) is 25.7 Å². The van der Waals surface area contributed by atoms with Crippen molar-refractivity contribution in [2.75, 3.05) is 26.4 Å². The molecule has 0 saturated carbocycles. The summed E-state index contributed by atoms with van der Waals surface area (Å²) in [5, 5.41) is 10.0. The predicted octanol–water partition coefficient (Wildman–Crippen LogP) is 11.7. The highest BCUT2D eigenvalue weighted by molar-refractivity contribution is 7.47. The van der Waals surface area contributed by atoms with Crippen LogP contribution in [0.2, 0.25) is 0 Å². The molecular weight excluding hydrogens is 794 g/mol. The summed E-state index contributed by atoms with van der Waals surface area (Å²) in [6.45, 7) is 7.72. The lowest BCUT2D eigenvalue weighted by Crippen LogP contribution is -2.29. The number of carbonyl (C=O) groups excluding carboxylic acids is 2. The van der Waals surface area contributed by atoms with Crippen LogP contribution in [0.1, 0.15) is 158 Å². The summed E-state index contributed by atoms with van der Waals surface area (Å²) in [6, 6.07) is 0. The summed E-state index contributed by atoms with van der Waals surface area (Å²) in [5.41, 5.74) is 7.98. The Morgan fingerprint density at radius 3 is 1.95 bits per heavy atom. The fourth-order valence-corrected chi connectivity index (χ4v) is 6.98. The average Bonchev–Trinajstić information content (AvgIpc) is 3.51. The van der Waals surface area contributed by atoms with E-state index >= 15 is 0 Å². The van der Waals surface area contributed by atoms with Crippen LogP contribution in [0.4, 0.5) is 0 Å². The standard InChI is InChI=1S/C49H80NO10P/c1-5-7-9-10-21-27-32-44(51)33-28-22-17-13-11-12-14-19-24-30-36-48(52)56-40-45(41-58-61(54,55)57-39-38-50)59-49(53)37-31-25-20-16-15-18-23-29-35-47-43(4)42(3)46(60-47)34-26-8-6-2/h7,9,11-12,17,19,21-22,24,27-28,33,44-45,51H,5-6,8,10,13-16,18,20,23,25-26,29-32,34-41,50H2,1-4H3,(H,54,55)/b9-7-,12-11-,22-17-,24-19-,27-21-,33-28+/t44?,45-/m1/s1. The fourth-order valence-electron chi connectivity index (χ4n) is 6.22. The smallest absolute Gasteiger partial charge is 0.466 e. The number of allylic oxidation sites excluding steroid dienone is 10. The van der Waals surface area contributed by atoms with Gasteiger partial charge in [-0.05, 0) is 82.8 Å². The monoisotopic (exact) mass is 874 g/mol. The zero-order valence-electron chi connectivity index (χ0n) is 37.9. The fraction of sp³-hybridized carbons (Fsp3) is 0.633. The number of carbonyl (C=O) groups is 2. The quantitative estimate of drug-likeness (QED) is 0.0190. The van der Waals surface area contributed by atoms with E-state index in [1.165, 1.54) is 43.2 Å². The second kappa shape index (κ2) is 37.3. The Hall–Kier alpha value is -3.31. The summed E-state index contributed by atoms with van der Waals surface area (Å²) in [4.78, 5) is 35.0.